The summed E-state index contributed by atoms with van der Waals surface area (Å²) in [5.41, 5.74) is 1.33. The van der Waals surface area contributed by atoms with Gasteiger partial charge in [0.25, 0.3) is 5.69 Å². The van der Waals surface area contributed by atoms with Crippen molar-refractivity contribution in [3.8, 4) is 0 Å². The van der Waals surface area contributed by atoms with E-state index in [9.17, 15) is 14.9 Å². The summed E-state index contributed by atoms with van der Waals surface area (Å²) in [6, 6.07) is 4.83. The van der Waals surface area contributed by atoms with Crippen molar-refractivity contribution >= 4 is 11.6 Å². The third-order valence-corrected chi connectivity index (χ3v) is 4.40. The van der Waals surface area contributed by atoms with E-state index in [0.29, 0.717) is 31.6 Å². The highest BCUT2D eigenvalue weighted by atomic mass is 16.6. The third-order valence-electron chi connectivity index (χ3n) is 4.40. The second kappa shape index (κ2) is 13.2. The van der Waals surface area contributed by atoms with Crippen molar-refractivity contribution in [2.75, 3.05) is 20.3 Å². The molecule has 0 heterocycles. The first-order valence-corrected chi connectivity index (χ1v) is 9.64. The van der Waals surface area contributed by atoms with Crippen LogP contribution in [0.1, 0.15) is 69.6 Å². The van der Waals surface area contributed by atoms with Crippen molar-refractivity contribution in [2.24, 2.45) is 0 Å². The van der Waals surface area contributed by atoms with Gasteiger partial charge in [0, 0.05) is 39.4 Å². The molecule has 0 aliphatic rings. The van der Waals surface area contributed by atoms with Crippen LogP contribution in [0.3, 0.4) is 0 Å². The van der Waals surface area contributed by atoms with Crippen LogP contribution in [-0.4, -0.2) is 31.2 Å². The SMILES string of the molecule is CCCCCCOCCCC(=O)NCc1ccc([N+](=O)[O-])c(C(C)OC)c1. The Kier molecular flexibility index (Phi) is 11.3. The van der Waals surface area contributed by atoms with E-state index in [-0.39, 0.29) is 11.6 Å². The van der Waals surface area contributed by atoms with Crippen LogP contribution >= 0.6 is 0 Å². The van der Waals surface area contributed by atoms with Gasteiger partial charge in [0.15, 0.2) is 0 Å². The molecule has 0 saturated carbocycles. The predicted molar refractivity (Wildman–Crippen MR) is 105 cm³/mol. The van der Waals surface area contributed by atoms with Crippen LogP contribution in [-0.2, 0) is 20.8 Å². The zero-order chi connectivity index (χ0) is 20.1. The Hall–Kier alpha value is -1.99. The van der Waals surface area contributed by atoms with Crippen LogP contribution in [0.15, 0.2) is 18.2 Å². The van der Waals surface area contributed by atoms with Gasteiger partial charge in [0.2, 0.25) is 5.91 Å². The number of benzene rings is 1. The number of unbranched alkanes of at least 4 members (excludes halogenated alkanes) is 3. The molecule has 1 N–H and O–H groups in total. The van der Waals surface area contributed by atoms with Gasteiger partial charge < -0.3 is 14.8 Å². The first kappa shape index (κ1) is 23.0. The van der Waals surface area contributed by atoms with Gasteiger partial charge in [-0.1, -0.05) is 32.3 Å². The maximum absolute atomic E-state index is 11.9. The van der Waals surface area contributed by atoms with Crippen LogP contribution in [0, 0.1) is 10.1 Å². The lowest BCUT2D eigenvalue weighted by Gasteiger charge is -2.12. The third kappa shape index (κ3) is 8.97. The maximum atomic E-state index is 11.9. The second-order valence-electron chi connectivity index (χ2n) is 6.58. The largest absolute Gasteiger partial charge is 0.381 e. The highest BCUT2D eigenvalue weighted by Gasteiger charge is 2.19. The number of rotatable bonds is 14. The summed E-state index contributed by atoms with van der Waals surface area (Å²) < 4.78 is 10.7. The van der Waals surface area contributed by atoms with Crippen LogP contribution in [0.25, 0.3) is 0 Å². The molecule has 1 unspecified atom stereocenters. The van der Waals surface area contributed by atoms with Crippen LogP contribution in [0.5, 0.6) is 0 Å². The molecule has 7 nitrogen and oxygen atoms in total. The molecule has 1 aromatic rings. The fourth-order valence-electron chi connectivity index (χ4n) is 2.69. The van der Waals surface area contributed by atoms with E-state index in [0.717, 1.165) is 18.6 Å². The Morgan fingerprint density at radius 2 is 1.96 bits per heavy atom. The molecule has 7 heteroatoms. The minimum absolute atomic E-state index is 0.0236. The zero-order valence-electron chi connectivity index (χ0n) is 16.7. The summed E-state index contributed by atoms with van der Waals surface area (Å²) in [4.78, 5) is 22.7. The molecule has 0 saturated heterocycles. The van der Waals surface area contributed by atoms with Crippen molar-refractivity contribution in [1.29, 1.82) is 0 Å². The van der Waals surface area contributed by atoms with E-state index in [1.54, 1.807) is 19.1 Å². The fourth-order valence-corrected chi connectivity index (χ4v) is 2.69. The Morgan fingerprint density at radius 1 is 1.22 bits per heavy atom. The first-order chi connectivity index (χ1) is 13.0. The molecular formula is C20H32N2O5. The van der Waals surface area contributed by atoms with Crippen molar-refractivity contribution < 1.29 is 19.2 Å². The molecule has 0 radical (unpaired) electrons. The summed E-state index contributed by atoms with van der Waals surface area (Å²) in [5.74, 6) is -0.0516. The molecule has 1 amide bonds. The smallest absolute Gasteiger partial charge is 0.275 e. The van der Waals surface area contributed by atoms with Gasteiger partial charge in [-0.15, -0.1) is 0 Å². The first-order valence-electron chi connectivity index (χ1n) is 9.64. The minimum Gasteiger partial charge on any atom is -0.381 e. The fraction of sp³-hybridized carbons (Fsp3) is 0.650. The topological polar surface area (TPSA) is 90.7 Å². The normalized spacial score (nSPS) is 12.0. The number of methoxy groups -OCH3 is 1. The Labute approximate surface area is 161 Å². The lowest BCUT2D eigenvalue weighted by atomic mass is 10.0. The van der Waals surface area contributed by atoms with E-state index in [2.05, 4.69) is 12.2 Å². The number of carbonyl (C=O) groups is 1. The molecule has 27 heavy (non-hydrogen) atoms. The highest BCUT2D eigenvalue weighted by molar-refractivity contribution is 5.75. The molecule has 0 fully saturated rings. The van der Waals surface area contributed by atoms with Gasteiger partial charge in [0.1, 0.15) is 0 Å². The summed E-state index contributed by atoms with van der Waals surface area (Å²) in [6.07, 6.45) is 5.41. The molecule has 1 aromatic carbocycles. The number of amides is 1. The average molecular weight is 380 g/mol. The van der Waals surface area contributed by atoms with E-state index in [4.69, 9.17) is 9.47 Å². The van der Waals surface area contributed by atoms with Gasteiger partial charge in [-0.25, -0.2) is 0 Å². The molecule has 0 aliphatic carbocycles. The summed E-state index contributed by atoms with van der Waals surface area (Å²) in [5, 5.41) is 14.0. The summed E-state index contributed by atoms with van der Waals surface area (Å²) in [7, 11) is 1.51. The van der Waals surface area contributed by atoms with Crippen molar-refractivity contribution in [3.05, 3.63) is 39.4 Å². The standard InChI is InChI=1S/C20H32N2O5/c1-4-5-6-7-12-27-13-8-9-20(23)21-15-17-10-11-19(22(24)25)18(14-17)16(2)26-3/h10-11,14,16H,4-9,12-13,15H2,1-3H3,(H,21,23). The maximum Gasteiger partial charge on any atom is 0.275 e. The molecular weight excluding hydrogens is 348 g/mol. The Bertz CT molecular complexity index is 592. The molecule has 1 rings (SSSR count). The van der Waals surface area contributed by atoms with Crippen LogP contribution in [0.4, 0.5) is 5.69 Å². The zero-order valence-corrected chi connectivity index (χ0v) is 16.7. The number of hydrogen-bond acceptors (Lipinski definition) is 5. The number of nitrogens with one attached hydrogen (secondary N) is 1. The Balaban J connectivity index is 2.36. The predicted octanol–water partition coefficient (Wildman–Crippen LogP) is 4.30. The summed E-state index contributed by atoms with van der Waals surface area (Å²) >= 11 is 0. The summed E-state index contributed by atoms with van der Waals surface area (Å²) in [6.45, 7) is 5.61. The van der Waals surface area contributed by atoms with Crippen molar-refractivity contribution in [1.82, 2.24) is 5.32 Å². The minimum atomic E-state index is -0.421. The quantitative estimate of drug-likeness (QED) is 0.295. The lowest BCUT2D eigenvalue weighted by molar-refractivity contribution is -0.386. The molecule has 1 atom stereocenters. The van der Waals surface area contributed by atoms with Gasteiger partial charge in [-0.05, 0) is 31.4 Å². The van der Waals surface area contributed by atoms with Crippen molar-refractivity contribution in [3.63, 3.8) is 0 Å². The Morgan fingerprint density at radius 3 is 2.63 bits per heavy atom. The highest BCUT2D eigenvalue weighted by Crippen LogP contribution is 2.28. The number of ether oxygens (including phenoxy) is 2. The molecule has 0 spiro atoms. The number of nitro benzene ring substituents is 1. The van der Waals surface area contributed by atoms with Crippen LogP contribution < -0.4 is 5.32 Å². The van der Waals surface area contributed by atoms with Gasteiger partial charge in [-0.3, -0.25) is 14.9 Å². The van der Waals surface area contributed by atoms with E-state index in [1.807, 2.05) is 0 Å². The number of carbonyl (C=O) groups excluding carboxylic acids is 1. The number of nitro groups is 1. The van der Waals surface area contributed by atoms with Gasteiger partial charge in [-0.2, -0.15) is 0 Å². The molecule has 0 bridgehead atoms. The number of hydrogen-bond donors (Lipinski definition) is 1. The van der Waals surface area contributed by atoms with E-state index >= 15 is 0 Å². The lowest BCUT2D eigenvalue weighted by Crippen LogP contribution is -2.23. The number of nitrogens with zero attached hydrogens (tertiary/aromatic N) is 1. The molecule has 152 valence electrons. The van der Waals surface area contributed by atoms with Crippen LogP contribution in [0.2, 0.25) is 0 Å². The second-order valence-corrected chi connectivity index (χ2v) is 6.58. The van der Waals surface area contributed by atoms with E-state index < -0.39 is 11.0 Å². The average Bonchev–Trinajstić information content (AvgIpc) is 2.67. The molecule has 0 aliphatic heterocycles. The molecule has 0 aromatic heterocycles. The van der Waals surface area contributed by atoms with Crippen molar-refractivity contribution in [2.45, 2.75) is 65.0 Å². The van der Waals surface area contributed by atoms with Gasteiger partial charge >= 0.3 is 0 Å². The monoisotopic (exact) mass is 380 g/mol. The van der Waals surface area contributed by atoms with Gasteiger partial charge in [0.05, 0.1) is 16.6 Å². The van der Waals surface area contributed by atoms with E-state index in [1.165, 1.54) is 32.4 Å².